The maximum Gasteiger partial charge on any atom is 0.246 e. The molecule has 0 aliphatic heterocycles. The smallest absolute Gasteiger partial charge is 0.246 e. The fraction of sp³-hybridized carbons (Fsp3) is 0.316. The van der Waals surface area contributed by atoms with Crippen molar-refractivity contribution in [2.75, 3.05) is 13.2 Å². The Morgan fingerprint density at radius 1 is 1.32 bits per heavy atom. The summed E-state index contributed by atoms with van der Waals surface area (Å²) in [5, 5.41) is 9.51. The number of hydrogen-bond acceptors (Lipinski definition) is 5. The van der Waals surface area contributed by atoms with Crippen LogP contribution in [0.15, 0.2) is 55.5 Å². The van der Waals surface area contributed by atoms with Crippen LogP contribution in [-0.2, 0) is 11.3 Å². The van der Waals surface area contributed by atoms with Gasteiger partial charge in [-0.3, -0.25) is 9.78 Å². The lowest BCUT2D eigenvalue weighted by atomic mass is 10.1. The van der Waals surface area contributed by atoms with Crippen molar-refractivity contribution in [1.29, 1.82) is 0 Å². The largest absolute Gasteiger partial charge is 0.438 e. The predicted octanol–water partition coefficient (Wildman–Crippen LogP) is 2.56. The van der Waals surface area contributed by atoms with E-state index in [0.29, 0.717) is 24.7 Å². The normalized spacial score (nSPS) is 14.6. The van der Waals surface area contributed by atoms with Crippen molar-refractivity contribution in [3.05, 3.63) is 61.1 Å². The number of aliphatic hydroxyl groups is 1. The Kier molecular flexibility index (Phi) is 5.09. The molecule has 6 heteroatoms. The summed E-state index contributed by atoms with van der Waals surface area (Å²) in [6, 6.07) is 7.49. The van der Waals surface area contributed by atoms with Crippen LogP contribution in [0.3, 0.4) is 0 Å². The van der Waals surface area contributed by atoms with Crippen molar-refractivity contribution >= 4 is 5.91 Å². The summed E-state index contributed by atoms with van der Waals surface area (Å²) in [5.74, 6) is 0.955. The summed E-state index contributed by atoms with van der Waals surface area (Å²) >= 11 is 0. The fourth-order valence-electron chi connectivity index (χ4n) is 2.63. The maximum absolute atomic E-state index is 12.1. The second kappa shape index (κ2) is 7.44. The van der Waals surface area contributed by atoms with Crippen LogP contribution in [0.2, 0.25) is 0 Å². The summed E-state index contributed by atoms with van der Waals surface area (Å²) in [6.07, 6.45) is 7.92. The lowest BCUT2D eigenvalue weighted by Gasteiger charge is -2.26. The van der Waals surface area contributed by atoms with Crippen LogP contribution in [0, 0.1) is 5.41 Å². The summed E-state index contributed by atoms with van der Waals surface area (Å²) in [4.78, 5) is 21.9. The van der Waals surface area contributed by atoms with Gasteiger partial charge in [0.2, 0.25) is 11.8 Å². The van der Waals surface area contributed by atoms with Gasteiger partial charge in [0.25, 0.3) is 0 Å². The van der Waals surface area contributed by atoms with E-state index in [4.69, 9.17) is 4.74 Å². The highest BCUT2D eigenvalue weighted by molar-refractivity contribution is 5.87. The molecule has 1 N–H and O–H groups in total. The molecule has 1 heterocycles. The van der Waals surface area contributed by atoms with Gasteiger partial charge >= 0.3 is 0 Å². The first-order chi connectivity index (χ1) is 12.1. The number of rotatable bonds is 8. The van der Waals surface area contributed by atoms with Crippen molar-refractivity contribution in [1.82, 2.24) is 14.9 Å². The Morgan fingerprint density at radius 2 is 2.08 bits per heavy atom. The number of carbonyl (C=O) groups excluding carboxylic acids is 1. The van der Waals surface area contributed by atoms with Crippen LogP contribution in [0.4, 0.5) is 0 Å². The fourth-order valence-corrected chi connectivity index (χ4v) is 2.63. The van der Waals surface area contributed by atoms with Gasteiger partial charge in [-0.15, -0.1) is 0 Å². The average molecular weight is 339 g/mol. The highest BCUT2D eigenvalue weighted by Gasteiger charge is 2.43. The summed E-state index contributed by atoms with van der Waals surface area (Å²) < 4.78 is 5.61. The molecule has 0 atom stereocenters. The first-order valence-corrected chi connectivity index (χ1v) is 8.19. The van der Waals surface area contributed by atoms with Crippen LogP contribution in [-0.4, -0.2) is 39.0 Å². The molecule has 1 aliphatic carbocycles. The number of benzene rings is 1. The minimum atomic E-state index is -0.131. The van der Waals surface area contributed by atoms with Gasteiger partial charge in [-0.25, -0.2) is 4.98 Å². The molecule has 0 radical (unpaired) electrons. The van der Waals surface area contributed by atoms with Crippen molar-refractivity contribution in [3.8, 4) is 11.6 Å². The van der Waals surface area contributed by atoms with E-state index < -0.39 is 0 Å². The number of aromatic nitrogens is 2. The molecule has 1 aromatic carbocycles. The first-order valence-electron chi connectivity index (χ1n) is 8.19. The van der Waals surface area contributed by atoms with E-state index in [9.17, 15) is 9.90 Å². The van der Waals surface area contributed by atoms with Crippen molar-refractivity contribution in [2.45, 2.75) is 19.4 Å². The third-order valence-electron chi connectivity index (χ3n) is 4.36. The van der Waals surface area contributed by atoms with Crippen LogP contribution in [0.1, 0.15) is 18.4 Å². The summed E-state index contributed by atoms with van der Waals surface area (Å²) in [5.41, 5.74) is 0.851. The molecule has 0 bridgehead atoms. The van der Waals surface area contributed by atoms with Crippen LogP contribution in [0.25, 0.3) is 0 Å². The van der Waals surface area contributed by atoms with Gasteiger partial charge in [0.05, 0.1) is 12.8 Å². The first kappa shape index (κ1) is 17.1. The number of carbonyl (C=O) groups is 1. The van der Waals surface area contributed by atoms with E-state index >= 15 is 0 Å². The molecule has 25 heavy (non-hydrogen) atoms. The number of ether oxygens (including phenoxy) is 1. The average Bonchev–Trinajstić information content (AvgIpc) is 3.43. The second-order valence-corrected chi connectivity index (χ2v) is 6.35. The molecule has 1 aromatic heterocycles. The summed E-state index contributed by atoms with van der Waals surface area (Å²) in [7, 11) is 0. The van der Waals surface area contributed by atoms with Gasteiger partial charge < -0.3 is 14.7 Å². The molecule has 0 unspecified atom stereocenters. The van der Waals surface area contributed by atoms with Gasteiger partial charge in [-0.05, 0) is 36.6 Å². The standard InChI is InChI=1S/C19H21N3O3/c1-2-18(24)22(13-19(14-23)7-8-19)12-15-3-5-16(6-4-15)25-17-11-20-9-10-21-17/h2-6,9-11,23H,1,7-8,12-14H2. The summed E-state index contributed by atoms with van der Waals surface area (Å²) in [6.45, 7) is 4.70. The highest BCUT2D eigenvalue weighted by atomic mass is 16.5. The number of nitrogens with zero attached hydrogens (tertiary/aromatic N) is 3. The maximum atomic E-state index is 12.1. The molecule has 1 saturated carbocycles. The van der Waals surface area contributed by atoms with E-state index in [1.807, 2.05) is 24.3 Å². The molecule has 6 nitrogen and oxygen atoms in total. The van der Waals surface area contributed by atoms with E-state index in [0.717, 1.165) is 18.4 Å². The zero-order valence-electron chi connectivity index (χ0n) is 14.0. The van der Waals surface area contributed by atoms with E-state index in [-0.39, 0.29) is 17.9 Å². The Morgan fingerprint density at radius 3 is 2.64 bits per heavy atom. The molecule has 0 spiro atoms. The Balaban J connectivity index is 1.65. The van der Waals surface area contributed by atoms with Crippen molar-refractivity contribution in [2.24, 2.45) is 5.41 Å². The number of amides is 1. The molecule has 130 valence electrons. The highest BCUT2D eigenvalue weighted by Crippen LogP contribution is 2.45. The molecule has 1 aliphatic rings. The Hall–Kier alpha value is -2.73. The van der Waals surface area contributed by atoms with Crippen molar-refractivity contribution in [3.63, 3.8) is 0 Å². The zero-order chi connectivity index (χ0) is 17.7. The molecule has 3 rings (SSSR count). The second-order valence-electron chi connectivity index (χ2n) is 6.35. The molecule has 1 amide bonds. The Labute approximate surface area is 146 Å². The number of aliphatic hydroxyl groups excluding tert-OH is 1. The van der Waals surface area contributed by atoms with Gasteiger partial charge in [-0.2, -0.15) is 0 Å². The van der Waals surface area contributed by atoms with Gasteiger partial charge in [-0.1, -0.05) is 18.7 Å². The van der Waals surface area contributed by atoms with Crippen LogP contribution >= 0.6 is 0 Å². The molecular formula is C19H21N3O3. The van der Waals surface area contributed by atoms with Gasteiger partial charge in [0, 0.05) is 30.9 Å². The molecule has 2 aromatic rings. The molecule has 0 saturated heterocycles. The van der Waals surface area contributed by atoms with E-state index in [1.54, 1.807) is 23.5 Å². The van der Waals surface area contributed by atoms with Crippen LogP contribution in [0.5, 0.6) is 11.6 Å². The zero-order valence-corrected chi connectivity index (χ0v) is 14.0. The minimum Gasteiger partial charge on any atom is -0.438 e. The van der Waals surface area contributed by atoms with E-state index in [1.165, 1.54) is 6.08 Å². The lowest BCUT2D eigenvalue weighted by molar-refractivity contribution is -0.127. The molecule has 1 fully saturated rings. The third-order valence-corrected chi connectivity index (χ3v) is 4.36. The molecular weight excluding hydrogens is 318 g/mol. The quantitative estimate of drug-likeness (QED) is 0.748. The lowest BCUT2D eigenvalue weighted by Crippen LogP contribution is -2.35. The predicted molar refractivity (Wildman–Crippen MR) is 92.9 cm³/mol. The monoisotopic (exact) mass is 339 g/mol. The van der Waals surface area contributed by atoms with E-state index in [2.05, 4.69) is 16.5 Å². The van der Waals surface area contributed by atoms with Gasteiger partial charge in [0.1, 0.15) is 5.75 Å². The van der Waals surface area contributed by atoms with Crippen molar-refractivity contribution < 1.29 is 14.6 Å². The minimum absolute atomic E-state index is 0.110. The number of hydrogen-bond donors (Lipinski definition) is 1. The topological polar surface area (TPSA) is 75.6 Å². The van der Waals surface area contributed by atoms with Crippen LogP contribution < -0.4 is 4.74 Å². The third kappa shape index (κ3) is 4.42. The Bertz CT molecular complexity index is 727. The SMILES string of the molecule is C=CC(=O)N(Cc1ccc(Oc2cnccn2)cc1)CC1(CO)CC1. The van der Waals surface area contributed by atoms with Gasteiger partial charge in [0.15, 0.2) is 0 Å².